The summed E-state index contributed by atoms with van der Waals surface area (Å²) in [6.07, 6.45) is 10.1. The Bertz CT molecular complexity index is 1300. The number of nitrogens with one attached hydrogen (secondary N) is 2. The first-order valence-corrected chi connectivity index (χ1v) is 11.3. The van der Waals surface area contributed by atoms with E-state index in [-0.39, 0.29) is 0 Å². The maximum Gasteiger partial charge on any atom is 0.137 e. The number of aromatic amines is 2. The number of aryl methyl sites for hydroxylation is 3. The van der Waals surface area contributed by atoms with Gasteiger partial charge in [0.05, 0.1) is 6.33 Å². The summed E-state index contributed by atoms with van der Waals surface area (Å²) in [5, 5.41) is 11.2. The van der Waals surface area contributed by atoms with Crippen molar-refractivity contribution in [3.63, 3.8) is 0 Å². The Hall–Kier alpha value is -3.38. The van der Waals surface area contributed by atoms with E-state index < -0.39 is 0 Å². The second-order valence-electron chi connectivity index (χ2n) is 8.03. The van der Waals surface area contributed by atoms with Crippen LogP contribution in [0.1, 0.15) is 34.9 Å². The SMILES string of the molecule is Clc1cccc(Cc2nnc(CCc3c[nH]c4ccccc34)n2CCCc2cnc[nH]2)c1. The van der Waals surface area contributed by atoms with E-state index in [0.717, 1.165) is 60.2 Å². The van der Waals surface area contributed by atoms with Crippen LogP contribution in [0.15, 0.2) is 67.3 Å². The van der Waals surface area contributed by atoms with Gasteiger partial charge in [-0.1, -0.05) is 41.9 Å². The molecule has 162 valence electrons. The number of rotatable bonds is 9. The summed E-state index contributed by atoms with van der Waals surface area (Å²) in [6, 6.07) is 16.4. The highest BCUT2D eigenvalue weighted by Crippen LogP contribution is 2.20. The van der Waals surface area contributed by atoms with E-state index in [1.54, 1.807) is 6.33 Å². The third-order valence-corrected chi connectivity index (χ3v) is 6.07. The van der Waals surface area contributed by atoms with Crippen LogP contribution in [0.4, 0.5) is 0 Å². The number of halogens is 1. The van der Waals surface area contributed by atoms with Gasteiger partial charge in [-0.3, -0.25) is 0 Å². The number of benzene rings is 2. The van der Waals surface area contributed by atoms with E-state index in [4.69, 9.17) is 11.6 Å². The molecule has 0 bridgehead atoms. The number of H-pyrrole nitrogens is 2. The minimum Gasteiger partial charge on any atom is -0.361 e. The summed E-state index contributed by atoms with van der Waals surface area (Å²) >= 11 is 6.20. The van der Waals surface area contributed by atoms with Crippen LogP contribution in [-0.2, 0) is 32.2 Å². The van der Waals surface area contributed by atoms with E-state index in [1.807, 2.05) is 24.4 Å². The third kappa shape index (κ3) is 4.60. The normalized spacial score (nSPS) is 11.4. The van der Waals surface area contributed by atoms with Gasteiger partial charge in [0.1, 0.15) is 11.6 Å². The van der Waals surface area contributed by atoms with Gasteiger partial charge in [-0.25, -0.2) is 4.98 Å². The van der Waals surface area contributed by atoms with Gasteiger partial charge in [-0.05, 0) is 48.6 Å². The molecule has 0 fully saturated rings. The molecule has 0 aliphatic rings. The molecule has 32 heavy (non-hydrogen) atoms. The highest BCUT2D eigenvalue weighted by Gasteiger charge is 2.14. The largest absolute Gasteiger partial charge is 0.361 e. The van der Waals surface area contributed by atoms with Gasteiger partial charge in [0.15, 0.2) is 0 Å². The molecule has 0 unspecified atom stereocenters. The zero-order valence-corrected chi connectivity index (χ0v) is 18.5. The molecule has 0 aliphatic heterocycles. The van der Waals surface area contributed by atoms with Crippen molar-refractivity contribution in [1.29, 1.82) is 0 Å². The molecule has 0 radical (unpaired) electrons. The molecule has 0 amide bonds. The molecular weight excluding hydrogens is 420 g/mol. The van der Waals surface area contributed by atoms with Crippen LogP contribution in [0.5, 0.6) is 0 Å². The molecule has 3 heterocycles. The van der Waals surface area contributed by atoms with Gasteiger partial charge in [-0.2, -0.15) is 0 Å². The van der Waals surface area contributed by atoms with Gasteiger partial charge < -0.3 is 14.5 Å². The van der Waals surface area contributed by atoms with E-state index >= 15 is 0 Å². The lowest BCUT2D eigenvalue weighted by Crippen LogP contribution is -2.10. The number of para-hydroxylation sites is 1. The molecule has 3 aromatic heterocycles. The molecule has 0 saturated carbocycles. The quantitative estimate of drug-likeness (QED) is 0.330. The lowest BCUT2D eigenvalue weighted by atomic mass is 10.1. The Morgan fingerprint density at radius 3 is 2.69 bits per heavy atom. The molecular formula is C25H25ClN6. The summed E-state index contributed by atoms with van der Waals surface area (Å²) in [5.74, 6) is 2.00. The zero-order chi connectivity index (χ0) is 21.8. The number of imidazole rings is 1. The van der Waals surface area contributed by atoms with Crippen molar-refractivity contribution in [2.45, 2.75) is 38.6 Å². The molecule has 0 saturated heterocycles. The van der Waals surface area contributed by atoms with Crippen molar-refractivity contribution in [1.82, 2.24) is 29.7 Å². The van der Waals surface area contributed by atoms with Gasteiger partial charge in [0.25, 0.3) is 0 Å². The summed E-state index contributed by atoms with van der Waals surface area (Å²) in [4.78, 5) is 10.7. The highest BCUT2D eigenvalue weighted by molar-refractivity contribution is 6.30. The predicted octanol–water partition coefficient (Wildman–Crippen LogP) is 5.14. The van der Waals surface area contributed by atoms with Crippen LogP contribution in [0.2, 0.25) is 5.02 Å². The summed E-state index contributed by atoms with van der Waals surface area (Å²) < 4.78 is 2.28. The van der Waals surface area contributed by atoms with Crippen LogP contribution in [0.25, 0.3) is 10.9 Å². The van der Waals surface area contributed by atoms with Crippen LogP contribution in [0, 0.1) is 0 Å². The van der Waals surface area contributed by atoms with Crippen LogP contribution in [-0.4, -0.2) is 29.7 Å². The van der Waals surface area contributed by atoms with E-state index in [9.17, 15) is 0 Å². The van der Waals surface area contributed by atoms with Crippen molar-refractivity contribution in [2.75, 3.05) is 0 Å². The average molecular weight is 445 g/mol. The summed E-state index contributed by atoms with van der Waals surface area (Å²) in [6.45, 7) is 0.866. The maximum atomic E-state index is 6.20. The molecule has 5 aromatic rings. The second-order valence-corrected chi connectivity index (χ2v) is 8.47. The number of hydrogen-bond donors (Lipinski definition) is 2. The standard InChI is InChI=1S/C25H25ClN6/c26-20-6-3-5-18(13-20)14-25-31-30-24(32(25)12-4-7-21-16-27-17-29-21)11-10-19-15-28-23-9-2-1-8-22(19)23/h1-3,5-6,8-9,13,15-17,28H,4,7,10-12,14H2,(H,27,29). The van der Waals surface area contributed by atoms with Crippen LogP contribution < -0.4 is 0 Å². The van der Waals surface area contributed by atoms with Crippen molar-refractivity contribution in [3.8, 4) is 0 Å². The molecule has 2 aromatic carbocycles. The van der Waals surface area contributed by atoms with Crippen molar-refractivity contribution < 1.29 is 0 Å². The van der Waals surface area contributed by atoms with E-state index in [2.05, 4.69) is 66.2 Å². The predicted molar refractivity (Wildman–Crippen MR) is 127 cm³/mol. The Morgan fingerprint density at radius 1 is 0.906 bits per heavy atom. The Labute approximate surface area is 191 Å². The fourth-order valence-corrected chi connectivity index (χ4v) is 4.42. The van der Waals surface area contributed by atoms with Gasteiger partial charge in [0.2, 0.25) is 0 Å². The first kappa shape index (κ1) is 20.5. The Morgan fingerprint density at radius 2 is 1.81 bits per heavy atom. The third-order valence-electron chi connectivity index (χ3n) is 5.83. The van der Waals surface area contributed by atoms with E-state index in [1.165, 1.54) is 16.5 Å². The molecule has 2 N–H and O–H groups in total. The van der Waals surface area contributed by atoms with E-state index in [0.29, 0.717) is 6.42 Å². The molecule has 0 spiro atoms. The molecule has 0 atom stereocenters. The number of nitrogens with zero attached hydrogens (tertiary/aromatic N) is 4. The first-order valence-electron chi connectivity index (χ1n) is 10.9. The van der Waals surface area contributed by atoms with Gasteiger partial charge in [0, 0.05) is 53.4 Å². The second kappa shape index (κ2) is 9.40. The Kier molecular flexibility index (Phi) is 6.03. The minimum absolute atomic E-state index is 0.713. The van der Waals surface area contributed by atoms with Crippen LogP contribution in [0.3, 0.4) is 0 Å². The van der Waals surface area contributed by atoms with Crippen molar-refractivity contribution in [2.24, 2.45) is 0 Å². The number of hydrogen-bond acceptors (Lipinski definition) is 3. The monoisotopic (exact) mass is 444 g/mol. The maximum absolute atomic E-state index is 6.20. The zero-order valence-electron chi connectivity index (χ0n) is 17.8. The molecule has 7 heteroatoms. The number of fused-ring (bicyclic) bond motifs is 1. The molecule has 5 rings (SSSR count). The van der Waals surface area contributed by atoms with Crippen molar-refractivity contribution in [3.05, 3.63) is 101 Å². The number of aromatic nitrogens is 6. The highest BCUT2D eigenvalue weighted by atomic mass is 35.5. The van der Waals surface area contributed by atoms with Crippen LogP contribution >= 0.6 is 11.6 Å². The molecule has 6 nitrogen and oxygen atoms in total. The summed E-state index contributed by atoms with van der Waals surface area (Å²) in [7, 11) is 0. The van der Waals surface area contributed by atoms with Crippen molar-refractivity contribution >= 4 is 22.5 Å². The van der Waals surface area contributed by atoms with Gasteiger partial charge in [-0.15, -0.1) is 10.2 Å². The average Bonchev–Trinajstić information content (AvgIpc) is 3.54. The smallest absolute Gasteiger partial charge is 0.137 e. The lowest BCUT2D eigenvalue weighted by molar-refractivity contribution is 0.585. The fourth-order valence-electron chi connectivity index (χ4n) is 4.21. The molecule has 0 aliphatic carbocycles. The fraction of sp³-hybridized carbons (Fsp3) is 0.240. The minimum atomic E-state index is 0.713. The Balaban J connectivity index is 1.35. The van der Waals surface area contributed by atoms with Gasteiger partial charge >= 0.3 is 0 Å². The first-order chi connectivity index (χ1) is 15.8. The topological polar surface area (TPSA) is 75.2 Å². The lowest BCUT2D eigenvalue weighted by Gasteiger charge is -2.11. The summed E-state index contributed by atoms with van der Waals surface area (Å²) in [5.41, 5.74) is 4.77.